The van der Waals surface area contributed by atoms with Crippen molar-refractivity contribution in [3.8, 4) is 11.3 Å². The smallest absolute Gasteiger partial charge is 0.219 e. The van der Waals surface area contributed by atoms with E-state index >= 15 is 0 Å². The first-order valence-corrected chi connectivity index (χ1v) is 12.8. The van der Waals surface area contributed by atoms with Crippen molar-refractivity contribution in [1.29, 1.82) is 0 Å². The average Bonchev–Trinajstić information content (AvgIpc) is 3.59. The molecule has 4 heterocycles. The largest absolute Gasteiger partial charge is 0.446 e. The summed E-state index contributed by atoms with van der Waals surface area (Å²) in [4.78, 5) is 8.89. The maximum absolute atomic E-state index is 13.8. The lowest BCUT2D eigenvalue weighted by molar-refractivity contribution is -0.197. The van der Waals surface area contributed by atoms with Gasteiger partial charge in [0.15, 0.2) is 17.5 Å². The van der Waals surface area contributed by atoms with Crippen LogP contribution in [0, 0.1) is 17.5 Å². The maximum atomic E-state index is 13.8. The lowest BCUT2D eigenvalue weighted by Gasteiger charge is -2.43. The van der Waals surface area contributed by atoms with Gasteiger partial charge < -0.3 is 24.1 Å². The van der Waals surface area contributed by atoms with Gasteiger partial charge in [-0.25, -0.2) is 22.8 Å². The number of oxazole rings is 1. The van der Waals surface area contributed by atoms with Gasteiger partial charge in [-0.2, -0.15) is 0 Å². The molecule has 1 saturated heterocycles. The quantitative estimate of drug-likeness (QED) is 0.285. The molecule has 1 aliphatic rings. The molecule has 0 amide bonds. The van der Waals surface area contributed by atoms with Crippen molar-refractivity contribution in [2.45, 2.75) is 41.3 Å². The first-order chi connectivity index (χ1) is 18.3. The second kappa shape index (κ2) is 11.5. The molecule has 38 heavy (non-hydrogen) atoms. The third-order valence-electron chi connectivity index (χ3n) is 5.73. The van der Waals surface area contributed by atoms with E-state index in [1.165, 1.54) is 35.1 Å². The van der Waals surface area contributed by atoms with Gasteiger partial charge in [0.25, 0.3) is 0 Å². The van der Waals surface area contributed by atoms with Crippen molar-refractivity contribution in [3.05, 3.63) is 77.1 Å². The molecule has 5 atom stereocenters. The molecule has 2 N–H and O–H groups in total. The number of thioether (sulfide) groups is 1. The van der Waals surface area contributed by atoms with Crippen molar-refractivity contribution in [2.75, 3.05) is 6.61 Å². The highest BCUT2D eigenvalue weighted by Crippen LogP contribution is 2.40. The second-order valence-corrected chi connectivity index (χ2v) is 10.3. The van der Waals surface area contributed by atoms with Gasteiger partial charge in [-0.1, -0.05) is 17.0 Å². The minimum atomic E-state index is -1.60. The first kappa shape index (κ1) is 26.8. The van der Waals surface area contributed by atoms with Crippen molar-refractivity contribution in [2.24, 2.45) is 0 Å². The van der Waals surface area contributed by atoms with Crippen LogP contribution in [0.3, 0.4) is 0 Å². The molecule has 10 nitrogen and oxygen atoms in total. The van der Waals surface area contributed by atoms with Gasteiger partial charge >= 0.3 is 0 Å². The van der Waals surface area contributed by atoms with Crippen LogP contribution in [0.5, 0.6) is 0 Å². The fourth-order valence-corrected chi connectivity index (χ4v) is 5.65. The zero-order valence-corrected chi connectivity index (χ0v) is 21.6. The summed E-state index contributed by atoms with van der Waals surface area (Å²) >= 11 is 4.61. The summed E-state index contributed by atoms with van der Waals surface area (Å²) in [5.41, 5.74) is -0.829. The molecule has 3 aromatic heterocycles. The molecule has 1 aliphatic heterocycles. The van der Waals surface area contributed by atoms with E-state index in [4.69, 9.17) is 13.9 Å². The van der Waals surface area contributed by atoms with E-state index in [9.17, 15) is 23.4 Å². The molecular formula is C23H19BrF3N5O5S. The zero-order valence-electron chi connectivity index (χ0n) is 19.2. The fraction of sp³-hybridized carbons (Fsp3) is 0.304. The van der Waals surface area contributed by atoms with Crippen LogP contribution in [0.4, 0.5) is 13.2 Å². The maximum Gasteiger partial charge on any atom is 0.219 e. The molecule has 4 aromatic rings. The average molecular weight is 614 g/mol. The lowest BCUT2D eigenvalue weighted by Crippen LogP contribution is -2.55. The van der Waals surface area contributed by atoms with E-state index in [2.05, 4.69) is 36.2 Å². The number of halogens is 4. The number of ether oxygens (including phenoxy) is 2. The van der Waals surface area contributed by atoms with Crippen LogP contribution in [0.25, 0.3) is 11.3 Å². The molecule has 0 spiro atoms. The van der Waals surface area contributed by atoms with E-state index in [0.717, 1.165) is 16.6 Å². The predicted molar refractivity (Wildman–Crippen MR) is 129 cm³/mol. The van der Waals surface area contributed by atoms with Crippen molar-refractivity contribution < 1.29 is 37.3 Å². The minimum Gasteiger partial charge on any atom is -0.446 e. The molecule has 200 valence electrons. The van der Waals surface area contributed by atoms with Gasteiger partial charge in [0.05, 0.1) is 19.0 Å². The number of nitrogens with zero attached hydrogens (tertiary/aromatic N) is 5. The summed E-state index contributed by atoms with van der Waals surface area (Å²) in [5.74, 6) is -4.10. The van der Waals surface area contributed by atoms with Crippen molar-refractivity contribution >= 4 is 27.7 Å². The number of benzene rings is 1. The van der Waals surface area contributed by atoms with Gasteiger partial charge in [-0.05, 0) is 34.1 Å². The predicted octanol–water partition coefficient (Wildman–Crippen LogP) is 3.50. The van der Waals surface area contributed by atoms with E-state index in [1.54, 1.807) is 12.4 Å². The molecule has 0 unspecified atom stereocenters. The zero-order chi connectivity index (χ0) is 26.8. The van der Waals surface area contributed by atoms with Crippen LogP contribution in [0.1, 0.15) is 11.9 Å². The van der Waals surface area contributed by atoms with E-state index in [-0.39, 0.29) is 23.8 Å². The molecule has 1 aromatic carbocycles. The Hall–Kier alpha value is -2.82. The molecule has 15 heteroatoms. The number of aromatic nitrogens is 5. The fourth-order valence-electron chi connectivity index (χ4n) is 3.98. The van der Waals surface area contributed by atoms with Crippen molar-refractivity contribution in [1.82, 2.24) is 25.0 Å². The molecule has 0 radical (unpaired) electrons. The molecular weight excluding hydrogens is 595 g/mol. The molecule has 0 saturated carbocycles. The van der Waals surface area contributed by atoms with E-state index in [0.29, 0.717) is 4.90 Å². The van der Waals surface area contributed by atoms with Gasteiger partial charge in [0.2, 0.25) is 5.89 Å². The summed E-state index contributed by atoms with van der Waals surface area (Å²) < 4.78 is 60.5. The van der Waals surface area contributed by atoms with Crippen LogP contribution in [0.15, 0.2) is 63.0 Å². The summed E-state index contributed by atoms with van der Waals surface area (Å²) in [7, 11) is 0. The van der Waals surface area contributed by atoms with Crippen LogP contribution in [-0.4, -0.2) is 65.5 Å². The Kier molecular flexibility index (Phi) is 8.11. The first-order valence-electron chi connectivity index (χ1n) is 11.1. The minimum absolute atomic E-state index is 0.0221. The highest BCUT2D eigenvalue weighted by atomic mass is 79.9. The number of rotatable bonds is 8. The Morgan fingerprint density at radius 2 is 1.95 bits per heavy atom. The summed E-state index contributed by atoms with van der Waals surface area (Å²) in [6.07, 6.45) is 4.12. The number of aliphatic hydroxyl groups is 2. The van der Waals surface area contributed by atoms with Gasteiger partial charge in [-0.3, -0.25) is 4.98 Å². The Bertz CT molecular complexity index is 1370. The van der Waals surface area contributed by atoms with E-state index in [1.807, 2.05) is 6.07 Å². The van der Waals surface area contributed by atoms with Gasteiger partial charge in [0.1, 0.15) is 48.4 Å². The van der Waals surface area contributed by atoms with Gasteiger partial charge in [-0.15, -0.1) is 5.10 Å². The SMILES string of the molecule is OC[C@H]1O[C@H](Sc2cncc(Br)c2)[C@H](OCc2ncco2)[C@@H](n2cc(-c3cc(F)c(F)c(F)c3)nn2)[C@H]1O. The van der Waals surface area contributed by atoms with Crippen LogP contribution < -0.4 is 0 Å². The second-order valence-electron chi connectivity index (χ2n) is 8.20. The number of hydrogen-bond acceptors (Lipinski definition) is 10. The number of aliphatic hydroxyl groups excluding tert-OH is 2. The Balaban J connectivity index is 1.51. The molecule has 1 fully saturated rings. The molecule has 0 bridgehead atoms. The third kappa shape index (κ3) is 5.62. The Morgan fingerprint density at radius 3 is 2.63 bits per heavy atom. The summed E-state index contributed by atoms with van der Waals surface area (Å²) in [6.45, 7) is -0.606. The van der Waals surface area contributed by atoms with Crippen LogP contribution in [-0.2, 0) is 16.1 Å². The highest BCUT2D eigenvalue weighted by Gasteiger charge is 2.48. The summed E-state index contributed by atoms with van der Waals surface area (Å²) in [5, 5.41) is 29.1. The number of pyridine rings is 1. The monoisotopic (exact) mass is 613 g/mol. The van der Waals surface area contributed by atoms with E-state index < -0.39 is 53.8 Å². The van der Waals surface area contributed by atoms with Crippen LogP contribution in [0.2, 0.25) is 0 Å². The lowest BCUT2D eigenvalue weighted by atomic mass is 9.97. The Morgan fingerprint density at radius 1 is 1.16 bits per heavy atom. The van der Waals surface area contributed by atoms with Crippen LogP contribution >= 0.6 is 27.7 Å². The number of hydrogen-bond donors (Lipinski definition) is 2. The topological polar surface area (TPSA) is 129 Å². The van der Waals surface area contributed by atoms with Crippen molar-refractivity contribution in [3.63, 3.8) is 0 Å². The molecule has 5 rings (SSSR count). The van der Waals surface area contributed by atoms with Gasteiger partial charge in [0, 0.05) is 27.3 Å². The standard InChI is InChI=1S/C23H19BrF3N5O5S/c24-12-5-13(7-28-6-12)38-23-22(36-10-18-29-1-2-35-18)20(21(34)17(9-33)37-23)32-8-16(30-31-32)11-3-14(25)19(27)15(26)4-11/h1-8,17,20-23,33-34H,9-10H2/t17-,20+,21+,22-,23-/m1/s1. The summed E-state index contributed by atoms with van der Waals surface area (Å²) in [6, 6.07) is 2.41. The molecule has 0 aliphatic carbocycles. The third-order valence-corrected chi connectivity index (χ3v) is 7.28. The normalized spacial score (nSPS) is 23.6. The highest BCUT2D eigenvalue weighted by molar-refractivity contribution is 9.10. The Labute approximate surface area is 225 Å².